The summed E-state index contributed by atoms with van der Waals surface area (Å²) in [6.45, 7) is 4.73. The van der Waals surface area contributed by atoms with E-state index in [0.29, 0.717) is 0 Å². The minimum absolute atomic E-state index is 0.0590. The predicted molar refractivity (Wildman–Crippen MR) is 64.1 cm³/mol. The largest absolute Gasteiger partial charge is 0.481 e. The van der Waals surface area contributed by atoms with E-state index in [1.165, 1.54) is 0 Å². The van der Waals surface area contributed by atoms with Crippen LogP contribution in [0.4, 0.5) is 0 Å². The van der Waals surface area contributed by atoms with Crippen LogP contribution in [0.3, 0.4) is 0 Å². The normalized spacial score (nSPS) is 29.4. The molecule has 2 unspecified atom stereocenters. The fourth-order valence-electron chi connectivity index (χ4n) is 2.73. The van der Waals surface area contributed by atoms with Crippen molar-refractivity contribution in [3.63, 3.8) is 0 Å². The monoisotopic (exact) mass is 242 g/mol. The van der Waals surface area contributed by atoms with E-state index in [2.05, 4.69) is 16.8 Å². The minimum atomic E-state index is -0.718. The Morgan fingerprint density at radius 1 is 1.41 bits per heavy atom. The topological polar surface area (TPSA) is 53.0 Å². The van der Waals surface area contributed by atoms with Crippen LogP contribution in [0, 0.1) is 0 Å². The van der Waals surface area contributed by atoms with E-state index >= 15 is 0 Å². The second kappa shape index (κ2) is 5.80. The molecule has 5 nitrogen and oxygen atoms in total. The number of likely N-dealkylation sites (N-methyl/N-ethyl adjacent to an activating group) is 1. The van der Waals surface area contributed by atoms with Crippen LogP contribution in [0.1, 0.15) is 19.3 Å². The van der Waals surface area contributed by atoms with Crippen LogP contribution in [0.25, 0.3) is 0 Å². The first kappa shape index (κ1) is 12.8. The predicted octanol–water partition coefficient (Wildman–Crippen LogP) is 0.256. The van der Waals surface area contributed by atoms with Crippen molar-refractivity contribution in [1.29, 1.82) is 0 Å². The van der Waals surface area contributed by atoms with Crippen molar-refractivity contribution in [2.45, 2.75) is 31.4 Å². The van der Waals surface area contributed by atoms with Gasteiger partial charge in [-0.1, -0.05) is 0 Å². The molecule has 2 aliphatic rings. The fraction of sp³-hybridized carbons (Fsp3) is 0.917. The molecule has 0 amide bonds. The van der Waals surface area contributed by atoms with Crippen molar-refractivity contribution < 1.29 is 14.6 Å². The highest BCUT2D eigenvalue weighted by Gasteiger charge is 2.33. The lowest BCUT2D eigenvalue weighted by molar-refractivity contribution is -0.140. The molecule has 2 aliphatic heterocycles. The molecule has 2 rings (SSSR count). The molecule has 17 heavy (non-hydrogen) atoms. The maximum Gasteiger partial charge on any atom is 0.305 e. The Balaban J connectivity index is 1.96. The average molecular weight is 242 g/mol. The number of nitrogens with zero attached hydrogens (tertiary/aromatic N) is 2. The van der Waals surface area contributed by atoms with E-state index in [4.69, 9.17) is 9.84 Å². The molecule has 1 N–H and O–H groups in total. The first-order valence-electron chi connectivity index (χ1n) is 6.43. The second-order valence-corrected chi connectivity index (χ2v) is 5.06. The molecule has 0 radical (unpaired) electrons. The van der Waals surface area contributed by atoms with E-state index in [0.717, 1.165) is 45.6 Å². The van der Waals surface area contributed by atoms with Crippen molar-refractivity contribution in [3.8, 4) is 0 Å². The van der Waals surface area contributed by atoms with Gasteiger partial charge in [-0.3, -0.25) is 9.69 Å². The van der Waals surface area contributed by atoms with Crippen LogP contribution in [0.5, 0.6) is 0 Å². The molecular formula is C12H22N2O3. The standard InChI is InChI=1S/C12H22N2O3/c1-13-4-6-14(7-5-13)10(9-12(15)16)11-3-2-8-17-11/h10-11H,2-9H2,1H3,(H,15,16). The molecule has 2 saturated heterocycles. The fourth-order valence-corrected chi connectivity index (χ4v) is 2.73. The first-order valence-corrected chi connectivity index (χ1v) is 6.43. The zero-order valence-corrected chi connectivity index (χ0v) is 10.5. The Morgan fingerprint density at radius 3 is 2.65 bits per heavy atom. The van der Waals surface area contributed by atoms with Gasteiger partial charge in [0.05, 0.1) is 12.5 Å². The van der Waals surface area contributed by atoms with Crippen LogP contribution < -0.4 is 0 Å². The molecular weight excluding hydrogens is 220 g/mol. The Hall–Kier alpha value is -0.650. The van der Waals surface area contributed by atoms with Crippen LogP contribution in [-0.4, -0.2) is 72.9 Å². The summed E-state index contributed by atoms with van der Waals surface area (Å²) in [5.74, 6) is -0.718. The molecule has 0 aromatic rings. The lowest BCUT2D eigenvalue weighted by Crippen LogP contribution is -2.53. The number of aliphatic carboxylic acids is 1. The molecule has 98 valence electrons. The maximum atomic E-state index is 11.0. The molecule has 2 fully saturated rings. The molecule has 0 aliphatic carbocycles. The number of rotatable bonds is 4. The molecule has 0 aromatic heterocycles. The maximum absolute atomic E-state index is 11.0. The Bertz CT molecular complexity index is 258. The van der Waals surface area contributed by atoms with Crippen molar-refractivity contribution >= 4 is 5.97 Å². The van der Waals surface area contributed by atoms with E-state index in [1.807, 2.05) is 0 Å². The summed E-state index contributed by atoms with van der Waals surface area (Å²) in [6.07, 6.45) is 2.39. The number of ether oxygens (including phenoxy) is 1. The average Bonchev–Trinajstić information content (AvgIpc) is 2.80. The van der Waals surface area contributed by atoms with Crippen molar-refractivity contribution in [2.24, 2.45) is 0 Å². The molecule has 0 spiro atoms. The highest BCUT2D eigenvalue weighted by molar-refractivity contribution is 5.67. The Morgan fingerprint density at radius 2 is 2.12 bits per heavy atom. The molecule has 0 saturated carbocycles. The summed E-state index contributed by atoms with van der Waals surface area (Å²) in [4.78, 5) is 15.6. The van der Waals surface area contributed by atoms with E-state index in [-0.39, 0.29) is 18.6 Å². The van der Waals surface area contributed by atoms with Gasteiger partial charge in [-0.2, -0.15) is 0 Å². The van der Waals surface area contributed by atoms with Crippen LogP contribution >= 0.6 is 0 Å². The van der Waals surface area contributed by atoms with E-state index < -0.39 is 5.97 Å². The van der Waals surface area contributed by atoms with Gasteiger partial charge in [0.2, 0.25) is 0 Å². The third-order valence-electron chi connectivity index (χ3n) is 3.78. The van der Waals surface area contributed by atoms with Crippen LogP contribution in [0.15, 0.2) is 0 Å². The minimum Gasteiger partial charge on any atom is -0.481 e. The summed E-state index contributed by atoms with van der Waals surface area (Å²) in [5.41, 5.74) is 0. The Labute approximate surface area is 102 Å². The number of hydrogen-bond acceptors (Lipinski definition) is 4. The third kappa shape index (κ3) is 3.40. The summed E-state index contributed by atoms with van der Waals surface area (Å²) in [6, 6.07) is 0.0590. The first-order chi connectivity index (χ1) is 8.16. The van der Waals surface area contributed by atoms with E-state index in [1.54, 1.807) is 0 Å². The molecule has 2 atom stereocenters. The summed E-state index contributed by atoms with van der Waals surface area (Å²) >= 11 is 0. The summed E-state index contributed by atoms with van der Waals surface area (Å²) < 4.78 is 5.68. The third-order valence-corrected chi connectivity index (χ3v) is 3.78. The van der Waals surface area contributed by atoms with Gasteiger partial charge in [-0.05, 0) is 19.9 Å². The van der Waals surface area contributed by atoms with Crippen molar-refractivity contribution in [2.75, 3.05) is 39.8 Å². The highest BCUT2D eigenvalue weighted by atomic mass is 16.5. The quantitative estimate of drug-likeness (QED) is 0.766. The molecule has 0 bridgehead atoms. The number of hydrogen-bond donors (Lipinski definition) is 1. The zero-order valence-electron chi connectivity index (χ0n) is 10.5. The number of carbonyl (C=O) groups is 1. The molecule has 2 heterocycles. The lowest BCUT2D eigenvalue weighted by Gasteiger charge is -2.39. The highest BCUT2D eigenvalue weighted by Crippen LogP contribution is 2.23. The Kier molecular flexibility index (Phi) is 4.36. The van der Waals surface area contributed by atoms with Crippen molar-refractivity contribution in [1.82, 2.24) is 9.80 Å². The van der Waals surface area contributed by atoms with Gasteiger partial charge >= 0.3 is 5.97 Å². The van der Waals surface area contributed by atoms with Gasteiger partial charge in [0.25, 0.3) is 0 Å². The van der Waals surface area contributed by atoms with Crippen LogP contribution in [0.2, 0.25) is 0 Å². The van der Waals surface area contributed by atoms with Gasteiger partial charge < -0.3 is 14.7 Å². The van der Waals surface area contributed by atoms with Gasteiger partial charge in [-0.15, -0.1) is 0 Å². The van der Waals surface area contributed by atoms with Gasteiger partial charge in [-0.25, -0.2) is 0 Å². The summed E-state index contributed by atoms with van der Waals surface area (Å²) in [7, 11) is 2.11. The molecule has 0 aromatic carbocycles. The van der Waals surface area contributed by atoms with Gasteiger partial charge in [0.15, 0.2) is 0 Å². The van der Waals surface area contributed by atoms with Gasteiger partial charge in [0, 0.05) is 38.8 Å². The van der Waals surface area contributed by atoms with Gasteiger partial charge in [0.1, 0.15) is 0 Å². The second-order valence-electron chi connectivity index (χ2n) is 5.06. The lowest BCUT2D eigenvalue weighted by atomic mass is 10.0. The SMILES string of the molecule is CN1CCN(C(CC(=O)O)C2CCCO2)CC1. The number of piperazine rings is 1. The number of carboxylic acid groups (broad SMARTS) is 1. The zero-order chi connectivity index (χ0) is 12.3. The van der Waals surface area contributed by atoms with E-state index in [9.17, 15) is 4.79 Å². The summed E-state index contributed by atoms with van der Waals surface area (Å²) in [5, 5.41) is 9.03. The van der Waals surface area contributed by atoms with Crippen LogP contribution in [-0.2, 0) is 9.53 Å². The number of carboxylic acids is 1. The van der Waals surface area contributed by atoms with Crippen molar-refractivity contribution in [3.05, 3.63) is 0 Å². The molecule has 5 heteroatoms. The smallest absolute Gasteiger partial charge is 0.305 e.